The minimum absolute atomic E-state index is 0.131. The first-order valence-corrected chi connectivity index (χ1v) is 10.5. The van der Waals surface area contributed by atoms with Crippen LogP contribution >= 0.6 is 0 Å². The molecule has 0 aliphatic heterocycles. The minimum Gasteiger partial charge on any atom is -0.393 e. The highest BCUT2D eigenvalue weighted by Gasteiger charge is 2.25. The number of hydrogen-bond donors (Lipinski definition) is 1. The lowest BCUT2D eigenvalue weighted by atomic mass is 9.89. The van der Waals surface area contributed by atoms with Crippen molar-refractivity contribution in [3.05, 3.63) is 59.4 Å². The topological polar surface area (TPSA) is 58.7 Å². The van der Waals surface area contributed by atoms with E-state index in [1.807, 2.05) is 31.2 Å². The van der Waals surface area contributed by atoms with Crippen LogP contribution in [-0.4, -0.2) is 25.4 Å². The summed E-state index contributed by atoms with van der Waals surface area (Å²) in [5, 5.41) is 9.57. The molecule has 0 unspecified atom stereocenters. The van der Waals surface area contributed by atoms with Crippen LogP contribution in [0.3, 0.4) is 0 Å². The fourth-order valence-electron chi connectivity index (χ4n) is 3.53. The second-order valence-electron chi connectivity index (χ2n) is 7.09. The van der Waals surface area contributed by atoms with Crippen molar-refractivity contribution in [1.29, 1.82) is 0 Å². The van der Waals surface area contributed by atoms with Gasteiger partial charge in [0.2, 0.25) is 0 Å². The molecule has 0 bridgehead atoms. The number of hydrogen-bond acceptors (Lipinski definition) is 3. The van der Waals surface area contributed by atoms with E-state index in [4.69, 9.17) is 6.57 Å². The van der Waals surface area contributed by atoms with E-state index in [9.17, 15) is 13.5 Å². The molecule has 0 atom stereocenters. The van der Waals surface area contributed by atoms with Gasteiger partial charge in [0.1, 0.15) is 0 Å². The predicted molar refractivity (Wildman–Crippen MR) is 103 cm³/mol. The zero-order valence-corrected chi connectivity index (χ0v) is 15.7. The quantitative estimate of drug-likeness (QED) is 0.805. The molecule has 1 N–H and O–H groups in total. The molecule has 26 heavy (non-hydrogen) atoms. The lowest BCUT2D eigenvalue weighted by Crippen LogP contribution is -2.24. The Hall–Kier alpha value is -2.16. The summed E-state index contributed by atoms with van der Waals surface area (Å²) in [5.41, 5.74) is 3.45. The third-order valence-corrected chi connectivity index (χ3v) is 7.04. The Kier molecular flexibility index (Phi) is 5.45. The van der Waals surface area contributed by atoms with Crippen molar-refractivity contribution >= 4 is 15.5 Å². The zero-order valence-electron chi connectivity index (χ0n) is 14.9. The molecule has 0 saturated heterocycles. The number of aliphatic hydroxyl groups excluding tert-OH is 1. The number of sulfone groups is 1. The summed E-state index contributed by atoms with van der Waals surface area (Å²) in [6.07, 6.45) is 2.65. The summed E-state index contributed by atoms with van der Waals surface area (Å²) >= 11 is 0. The van der Waals surface area contributed by atoms with E-state index in [0.29, 0.717) is 23.4 Å². The van der Waals surface area contributed by atoms with Crippen molar-refractivity contribution in [2.45, 2.75) is 43.6 Å². The highest BCUT2D eigenvalue weighted by molar-refractivity contribution is 7.91. The van der Waals surface area contributed by atoms with Crippen molar-refractivity contribution in [2.75, 3.05) is 5.75 Å². The zero-order chi connectivity index (χ0) is 18.7. The molecule has 136 valence electrons. The van der Waals surface area contributed by atoms with E-state index >= 15 is 0 Å². The fraction of sp³-hybridized carbons (Fsp3) is 0.381. The fourth-order valence-corrected chi connectivity index (χ4v) is 5.23. The summed E-state index contributed by atoms with van der Waals surface area (Å²) in [7, 11) is -3.32. The van der Waals surface area contributed by atoms with E-state index in [0.717, 1.165) is 29.5 Å². The molecule has 4 nitrogen and oxygen atoms in total. The SMILES string of the molecule is [C-]#[N+]c1ccc(-c2ccc(S(=O)(=O)CC3CCC(O)CC3)cc2)cc1C. The monoisotopic (exact) mass is 369 g/mol. The van der Waals surface area contributed by atoms with Gasteiger partial charge >= 0.3 is 0 Å². The average molecular weight is 369 g/mol. The van der Waals surface area contributed by atoms with Crippen molar-refractivity contribution in [1.82, 2.24) is 0 Å². The Balaban J connectivity index is 1.76. The Labute approximate surface area is 155 Å². The van der Waals surface area contributed by atoms with Gasteiger partial charge in [0.25, 0.3) is 0 Å². The summed E-state index contributed by atoms with van der Waals surface area (Å²) in [6.45, 7) is 9.02. The van der Waals surface area contributed by atoms with E-state index in [-0.39, 0.29) is 17.8 Å². The van der Waals surface area contributed by atoms with Crippen LogP contribution < -0.4 is 0 Å². The minimum atomic E-state index is -3.32. The Morgan fingerprint density at radius 1 is 1.04 bits per heavy atom. The molecule has 0 aromatic heterocycles. The van der Waals surface area contributed by atoms with Gasteiger partial charge in [-0.25, -0.2) is 13.3 Å². The van der Waals surface area contributed by atoms with E-state index < -0.39 is 9.84 Å². The number of aliphatic hydroxyl groups is 1. The number of nitrogens with zero attached hydrogens (tertiary/aromatic N) is 1. The average Bonchev–Trinajstić information content (AvgIpc) is 2.63. The van der Waals surface area contributed by atoms with Gasteiger partial charge in [-0.05, 0) is 67.3 Å². The number of benzene rings is 2. The van der Waals surface area contributed by atoms with Gasteiger partial charge in [-0.15, -0.1) is 0 Å². The van der Waals surface area contributed by atoms with Crippen LogP contribution in [0.25, 0.3) is 16.0 Å². The smallest absolute Gasteiger partial charge is 0.190 e. The Morgan fingerprint density at radius 3 is 2.23 bits per heavy atom. The van der Waals surface area contributed by atoms with Crippen molar-refractivity contribution in [3.8, 4) is 11.1 Å². The third kappa shape index (κ3) is 4.14. The van der Waals surface area contributed by atoms with Crippen LogP contribution in [0.4, 0.5) is 5.69 Å². The molecule has 0 radical (unpaired) electrons. The van der Waals surface area contributed by atoms with Gasteiger partial charge in [-0.1, -0.05) is 30.3 Å². The predicted octanol–water partition coefficient (Wildman–Crippen LogP) is 4.54. The van der Waals surface area contributed by atoms with Crippen LogP contribution in [0.15, 0.2) is 47.4 Å². The molecule has 2 aromatic carbocycles. The molecular weight excluding hydrogens is 346 g/mol. The summed E-state index contributed by atoms with van der Waals surface area (Å²) in [5.74, 6) is 0.282. The summed E-state index contributed by atoms with van der Waals surface area (Å²) in [4.78, 5) is 3.82. The lowest BCUT2D eigenvalue weighted by molar-refractivity contribution is 0.113. The highest BCUT2D eigenvalue weighted by atomic mass is 32.2. The molecule has 0 spiro atoms. The lowest BCUT2D eigenvalue weighted by Gasteiger charge is -2.25. The van der Waals surface area contributed by atoms with Crippen molar-refractivity contribution < 1.29 is 13.5 Å². The first kappa shape index (κ1) is 18.6. The van der Waals surface area contributed by atoms with Gasteiger partial charge < -0.3 is 5.11 Å². The molecule has 1 saturated carbocycles. The maximum Gasteiger partial charge on any atom is 0.190 e. The van der Waals surface area contributed by atoms with Crippen LogP contribution in [0.1, 0.15) is 31.2 Å². The van der Waals surface area contributed by atoms with Crippen molar-refractivity contribution in [2.24, 2.45) is 5.92 Å². The molecule has 1 aliphatic rings. The molecule has 0 heterocycles. The normalized spacial score (nSPS) is 20.5. The van der Waals surface area contributed by atoms with Gasteiger partial charge in [0, 0.05) is 0 Å². The highest BCUT2D eigenvalue weighted by Crippen LogP contribution is 2.30. The van der Waals surface area contributed by atoms with E-state index in [1.165, 1.54) is 0 Å². The van der Waals surface area contributed by atoms with Crippen LogP contribution in [0.2, 0.25) is 0 Å². The molecule has 1 aliphatic carbocycles. The van der Waals surface area contributed by atoms with Gasteiger partial charge in [-0.2, -0.15) is 0 Å². The molecule has 0 amide bonds. The van der Waals surface area contributed by atoms with E-state index in [2.05, 4.69) is 4.85 Å². The van der Waals surface area contributed by atoms with Crippen LogP contribution in [-0.2, 0) is 9.84 Å². The maximum absolute atomic E-state index is 12.7. The first-order valence-electron chi connectivity index (χ1n) is 8.88. The molecule has 5 heteroatoms. The van der Waals surface area contributed by atoms with Gasteiger partial charge in [-0.3, -0.25) is 0 Å². The largest absolute Gasteiger partial charge is 0.393 e. The van der Waals surface area contributed by atoms with E-state index in [1.54, 1.807) is 18.2 Å². The maximum atomic E-state index is 12.7. The molecule has 2 aromatic rings. The van der Waals surface area contributed by atoms with Gasteiger partial charge in [0.15, 0.2) is 15.5 Å². The number of aryl methyl sites for hydroxylation is 1. The first-order chi connectivity index (χ1) is 12.4. The standard InChI is InChI=1S/C21H23NO3S/c1-15-13-18(7-12-21(15)22-2)17-5-10-20(11-6-17)26(24,25)14-16-3-8-19(23)9-4-16/h5-7,10-13,16,19,23H,3-4,8-9,14H2,1H3. The second kappa shape index (κ2) is 7.61. The van der Waals surface area contributed by atoms with Crippen LogP contribution in [0, 0.1) is 19.4 Å². The summed E-state index contributed by atoms with van der Waals surface area (Å²) < 4.78 is 25.3. The molecular formula is C21H23NO3S. The van der Waals surface area contributed by atoms with Gasteiger partial charge in [0.05, 0.1) is 23.3 Å². The second-order valence-corrected chi connectivity index (χ2v) is 9.13. The van der Waals surface area contributed by atoms with Crippen molar-refractivity contribution in [3.63, 3.8) is 0 Å². The van der Waals surface area contributed by atoms with Crippen LogP contribution in [0.5, 0.6) is 0 Å². The molecule has 3 rings (SSSR count). The third-order valence-electron chi connectivity index (χ3n) is 5.14. The summed E-state index contributed by atoms with van der Waals surface area (Å²) in [6, 6.07) is 12.6. The Morgan fingerprint density at radius 2 is 1.65 bits per heavy atom. The number of rotatable bonds is 4. The Bertz CT molecular complexity index is 919. The molecule has 1 fully saturated rings.